The van der Waals surface area contributed by atoms with E-state index < -0.39 is 0 Å². The van der Waals surface area contributed by atoms with Crippen LogP contribution >= 0.6 is 0 Å². The lowest BCUT2D eigenvalue weighted by Crippen LogP contribution is -2.21. The Bertz CT molecular complexity index is 200. The van der Waals surface area contributed by atoms with Crippen molar-refractivity contribution >= 4 is 11.6 Å². The molecule has 1 aliphatic rings. The zero-order valence-electron chi connectivity index (χ0n) is 7.42. The van der Waals surface area contributed by atoms with E-state index in [-0.39, 0.29) is 5.91 Å². The second-order valence-electron chi connectivity index (χ2n) is 2.90. The maximum absolute atomic E-state index is 11.2. The highest BCUT2D eigenvalue weighted by Gasteiger charge is 2.21. The predicted octanol–water partition coefficient (Wildman–Crippen LogP) is 0.334. The Hall–Kier alpha value is -0.900. The summed E-state index contributed by atoms with van der Waals surface area (Å²) in [5.41, 5.74) is 6.29. The van der Waals surface area contributed by atoms with Gasteiger partial charge < -0.3 is 5.73 Å². The highest BCUT2D eigenvalue weighted by molar-refractivity contribution is 6.04. The highest BCUT2D eigenvalue weighted by atomic mass is 16.2. The number of carbonyl (C=O) groups is 1. The minimum Gasteiger partial charge on any atom is -0.330 e. The number of hydrogen-bond acceptors (Lipinski definition) is 3. The van der Waals surface area contributed by atoms with Gasteiger partial charge in [0, 0.05) is 18.7 Å². The van der Waals surface area contributed by atoms with Gasteiger partial charge in [0.15, 0.2) is 0 Å². The van der Waals surface area contributed by atoms with Crippen LogP contribution < -0.4 is 5.73 Å². The molecule has 12 heavy (non-hydrogen) atoms. The van der Waals surface area contributed by atoms with Gasteiger partial charge in [-0.25, -0.2) is 5.01 Å². The van der Waals surface area contributed by atoms with Crippen molar-refractivity contribution in [1.29, 1.82) is 0 Å². The van der Waals surface area contributed by atoms with Crippen molar-refractivity contribution in [2.24, 2.45) is 10.8 Å². The Balaban J connectivity index is 2.48. The molecule has 68 valence electrons. The third-order valence-corrected chi connectivity index (χ3v) is 1.77. The molecule has 0 fully saturated rings. The maximum Gasteiger partial charge on any atom is 0.248 e. The van der Waals surface area contributed by atoms with Gasteiger partial charge in [0.1, 0.15) is 0 Å². The number of nitrogens with two attached hydrogens (primary N) is 1. The molecule has 1 heterocycles. The van der Waals surface area contributed by atoms with Crippen LogP contribution in [0.2, 0.25) is 0 Å². The first kappa shape index (κ1) is 9.19. The summed E-state index contributed by atoms with van der Waals surface area (Å²) < 4.78 is 0. The number of carbonyl (C=O) groups excluding carboxylic acids is 1. The molecule has 0 atom stereocenters. The predicted molar refractivity (Wildman–Crippen MR) is 47.7 cm³/mol. The standard InChI is InChI=1S/C8H15N3O/c1-2-5-11-8(12)6-7(10-11)3-4-9/h2-6,9H2,1H3. The van der Waals surface area contributed by atoms with Gasteiger partial charge in [-0.2, -0.15) is 5.10 Å². The van der Waals surface area contributed by atoms with E-state index in [1.54, 1.807) is 5.01 Å². The lowest BCUT2D eigenvalue weighted by atomic mass is 10.2. The molecule has 0 aromatic carbocycles. The first-order valence-electron chi connectivity index (χ1n) is 4.34. The quantitative estimate of drug-likeness (QED) is 0.659. The molecule has 0 aromatic rings. The summed E-state index contributed by atoms with van der Waals surface area (Å²) in [6.07, 6.45) is 2.16. The SMILES string of the molecule is CCCN1N=C(CCN)CC1=O. The van der Waals surface area contributed by atoms with Crippen LogP contribution in [0.3, 0.4) is 0 Å². The van der Waals surface area contributed by atoms with Crippen molar-refractivity contribution < 1.29 is 4.79 Å². The number of amides is 1. The van der Waals surface area contributed by atoms with Gasteiger partial charge in [-0.15, -0.1) is 0 Å². The minimum atomic E-state index is 0.111. The normalized spacial score (nSPS) is 17.0. The van der Waals surface area contributed by atoms with E-state index >= 15 is 0 Å². The summed E-state index contributed by atoms with van der Waals surface area (Å²) in [6, 6.07) is 0. The molecular weight excluding hydrogens is 154 g/mol. The Morgan fingerprint density at radius 3 is 3.00 bits per heavy atom. The molecule has 2 N–H and O–H groups in total. The van der Waals surface area contributed by atoms with Crippen LogP contribution in [0.4, 0.5) is 0 Å². The molecular formula is C8H15N3O. The van der Waals surface area contributed by atoms with E-state index in [1.165, 1.54) is 0 Å². The smallest absolute Gasteiger partial charge is 0.248 e. The molecule has 4 heteroatoms. The highest BCUT2D eigenvalue weighted by Crippen LogP contribution is 2.10. The molecule has 0 aromatic heterocycles. The molecule has 1 amide bonds. The van der Waals surface area contributed by atoms with E-state index in [0.29, 0.717) is 13.0 Å². The molecule has 0 bridgehead atoms. The molecule has 0 unspecified atom stereocenters. The van der Waals surface area contributed by atoms with E-state index in [4.69, 9.17) is 5.73 Å². The Morgan fingerprint density at radius 2 is 2.42 bits per heavy atom. The molecule has 0 aliphatic carbocycles. The molecule has 0 spiro atoms. The number of nitrogens with zero attached hydrogens (tertiary/aromatic N) is 2. The second kappa shape index (κ2) is 4.21. The Labute approximate surface area is 72.4 Å². The number of hydrazone groups is 1. The molecule has 0 radical (unpaired) electrons. The van der Waals surface area contributed by atoms with Crippen LogP contribution in [0, 0.1) is 0 Å². The summed E-state index contributed by atoms with van der Waals surface area (Å²) >= 11 is 0. The summed E-state index contributed by atoms with van der Waals surface area (Å²) in [4.78, 5) is 11.2. The van der Waals surface area contributed by atoms with Crippen LogP contribution in [-0.2, 0) is 4.79 Å². The number of hydrogen-bond donors (Lipinski definition) is 1. The zero-order valence-corrected chi connectivity index (χ0v) is 7.42. The third-order valence-electron chi connectivity index (χ3n) is 1.77. The summed E-state index contributed by atoms with van der Waals surface area (Å²) in [6.45, 7) is 3.34. The van der Waals surface area contributed by atoms with E-state index in [2.05, 4.69) is 5.10 Å². The van der Waals surface area contributed by atoms with Crippen molar-refractivity contribution in [3.63, 3.8) is 0 Å². The average Bonchev–Trinajstić information content (AvgIpc) is 2.34. The molecule has 4 nitrogen and oxygen atoms in total. The van der Waals surface area contributed by atoms with Crippen LogP contribution in [0.15, 0.2) is 5.10 Å². The van der Waals surface area contributed by atoms with Crippen LogP contribution in [0.25, 0.3) is 0 Å². The Morgan fingerprint density at radius 1 is 1.67 bits per heavy atom. The van der Waals surface area contributed by atoms with Gasteiger partial charge in [-0.05, 0) is 13.0 Å². The largest absolute Gasteiger partial charge is 0.330 e. The van der Waals surface area contributed by atoms with Crippen molar-refractivity contribution in [3.05, 3.63) is 0 Å². The van der Waals surface area contributed by atoms with Crippen LogP contribution in [-0.4, -0.2) is 29.7 Å². The third kappa shape index (κ3) is 2.04. The van der Waals surface area contributed by atoms with Gasteiger partial charge >= 0.3 is 0 Å². The Kier molecular flexibility index (Phi) is 3.22. The fraction of sp³-hybridized carbons (Fsp3) is 0.750. The van der Waals surface area contributed by atoms with Gasteiger partial charge in [-0.3, -0.25) is 4.79 Å². The maximum atomic E-state index is 11.2. The number of rotatable bonds is 4. The first-order chi connectivity index (χ1) is 5.77. The van der Waals surface area contributed by atoms with E-state index in [1.807, 2.05) is 6.92 Å². The monoisotopic (exact) mass is 169 g/mol. The summed E-state index contributed by atoms with van der Waals surface area (Å²) in [7, 11) is 0. The molecule has 1 rings (SSSR count). The van der Waals surface area contributed by atoms with Gasteiger partial charge in [0.05, 0.1) is 6.42 Å². The summed E-state index contributed by atoms with van der Waals surface area (Å²) in [5.74, 6) is 0.111. The van der Waals surface area contributed by atoms with E-state index in [9.17, 15) is 4.79 Å². The van der Waals surface area contributed by atoms with Crippen LogP contribution in [0.1, 0.15) is 26.2 Å². The second-order valence-corrected chi connectivity index (χ2v) is 2.90. The van der Waals surface area contributed by atoms with Gasteiger partial charge in [0.2, 0.25) is 5.91 Å². The first-order valence-corrected chi connectivity index (χ1v) is 4.34. The van der Waals surface area contributed by atoms with E-state index in [0.717, 1.165) is 25.1 Å². The lowest BCUT2D eigenvalue weighted by Gasteiger charge is -2.08. The molecule has 0 saturated heterocycles. The summed E-state index contributed by atoms with van der Waals surface area (Å²) in [5, 5.41) is 5.72. The minimum absolute atomic E-state index is 0.111. The van der Waals surface area contributed by atoms with Gasteiger partial charge in [-0.1, -0.05) is 6.92 Å². The van der Waals surface area contributed by atoms with Crippen molar-refractivity contribution in [2.45, 2.75) is 26.2 Å². The zero-order chi connectivity index (χ0) is 8.97. The molecule has 1 aliphatic heterocycles. The van der Waals surface area contributed by atoms with Gasteiger partial charge in [0.25, 0.3) is 0 Å². The molecule has 0 saturated carbocycles. The lowest BCUT2D eigenvalue weighted by molar-refractivity contribution is -0.128. The fourth-order valence-corrected chi connectivity index (χ4v) is 1.22. The van der Waals surface area contributed by atoms with Crippen molar-refractivity contribution in [2.75, 3.05) is 13.1 Å². The topological polar surface area (TPSA) is 58.7 Å². The van der Waals surface area contributed by atoms with Crippen molar-refractivity contribution in [3.8, 4) is 0 Å². The fourth-order valence-electron chi connectivity index (χ4n) is 1.22. The van der Waals surface area contributed by atoms with Crippen molar-refractivity contribution in [1.82, 2.24) is 5.01 Å². The van der Waals surface area contributed by atoms with Crippen LogP contribution in [0.5, 0.6) is 0 Å². The average molecular weight is 169 g/mol.